The topological polar surface area (TPSA) is 52.0 Å². The molecule has 0 amide bonds. The number of fused-ring (bicyclic) bond motifs is 3. The summed E-state index contributed by atoms with van der Waals surface area (Å²) in [5.74, 6) is 1.32. The Bertz CT molecular complexity index is 528. The van der Waals surface area contributed by atoms with Crippen molar-refractivity contribution in [3.8, 4) is 0 Å². The molecule has 1 aliphatic rings. The molecule has 1 aromatic heterocycles. The zero-order chi connectivity index (χ0) is 11.1. The van der Waals surface area contributed by atoms with E-state index in [4.69, 9.17) is 10.2 Å². The maximum absolute atomic E-state index is 5.74. The average molecular weight is 216 g/mol. The van der Waals surface area contributed by atoms with Gasteiger partial charge in [-0.3, -0.25) is 0 Å². The third-order valence-electron chi connectivity index (χ3n) is 3.48. The molecular formula is C13H16N2O. The van der Waals surface area contributed by atoms with Gasteiger partial charge in [-0.15, -0.1) is 0 Å². The molecule has 0 saturated carbocycles. The summed E-state index contributed by atoms with van der Waals surface area (Å²) < 4.78 is 5.74. The minimum absolute atomic E-state index is 0.566. The highest BCUT2D eigenvalue weighted by Gasteiger charge is 2.26. The van der Waals surface area contributed by atoms with Crippen LogP contribution in [-0.4, -0.2) is 11.5 Å². The molecule has 2 N–H and O–H groups in total. The van der Waals surface area contributed by atoms with Crippen molar-refractivity contribution in [1.82, 2.24) is 4.98 Å². The highest BCUT2D eigenvalue weighted by molar-refractivity contribution is 5.79. The number of hydrogen-bond acceptors (Lipinski definition) is 3. The molecule has 0 bridgehead atoms. The summed E-state index contributed by atoms with van der Waals surface area (Å²) in [6, 6.07) is 4.26. The first-order valence-corrected chi connectivity index (χ1v) is 5.88. The van der Waals surface area contributed by atoms with Gasteiger partial charge in [0.05, 0.1) is 0 Å². The monoisotopic (exact) mass is 216 g/mol. The van der Waals surface area contributed by atoms with E-state index in [2.05, 4.69) is 17.1 Å². The van der Waals surface area contributed by atoms with Gasteiger partial charge in [-0.05, 0) is 43.4 Å². The average Bonchev–Trinajstić information content (AvgIpc) is 2.81. The molecule has 1 heterocycles. The Balaban J connectivity index is 2.20. The fourth-order valence-electron chi connectivity index (χ4n) is 2.79. The molecule has 0 spiro atoms. The normalized spacial score (nSPS) is 19.2. The number of oxazole rings is 1. The van der Waals surface area contributed by atoms with Crippen LogP contribution in [-0.2, 0) is 6.42 Å². The standard InChI is InChI=1S/C13H16N2O/c1-8-15-11-5-4-9-2-3-10(6-7-14)12(9)13(11)16-8/h4-5,10H,2-3,6-7,14H2,1H3. The molecule has 3 heteroatoms. The number of aryl methyl sites for hydroxylation is 2. The van der Waals surface area contributed by atoms with Crippen molar-refractivity contribution in [1.29, 1.82) is 0 Å². The fraction of sp³-hybridized carbons (Fsp3) is 0.462. The van der Waals surface area contributed by atoms with Crippen molar-refractivity contribution in [2.24, 2.45) is 5.73 Å². The van der Waals surface area contributed by atoms with Crippen LogP contribution in [0.5, 0.6) is 0 Å². The molecule has 3 rings (SSSR count). The first-order valence-electron chi connectivity index (χ1n) is 5.88. The Morgan fingerprint density at radius 3 is 3.19 bits per heavy atom. The Morgan fingerprint density at radius 2 is 2.38 bits per heavy atom. The molecule has 2 aromatic rings. The van der Waals surface area contributed by atoms with E-state index in [1.165, 1.54) is 17.5 Å². The zero-order valence-electron chi connectivity index (χ0n) is 9.49. The molecular weight excluding hydrogens is 200 g/mol. The van der Waals surface area contributed by atoms with Gasteiger partial charge in [0.1, 0.15) is 5.52 Å². The van der Waals surface area contributed by atoms with Crippen molar-refractivity contribution in [3.63, 3.8) is 0 Å². The third kappa shape index (κ3) is 1.35. The van der Waals surface area contributed by atoms with Crippen LogP contribution in [0, 0.1) is 6.92 Å². The van der Waals surface area contributed by atoms with Crippen LogP contribution < -0.4 is 5.73 Å². The predicted molar refractivity (Wildman–Crippen MR) is 63.5 cm³/mol. The lowest BCUT2D eigenvalue weighted by Crippen LogP contribution is -2.04. The van der Waals surface area contributed by atoms with Gasteiger partial charge in [0.15, 0.2) is 11.5 Å². The van der Waals surface area contributed by atoms with Crippen LogP contribution in [0.25, 0.3) is 11.1 Å². The molecule has 0 fully saturated rings. The van der Waals surface area contributed by atoms with Gasteiger partial charge in [-0.2, -0.15) is 0 Å². The van der Waals surface area contributed by atoms with Crippen molar-refractivity contribution >= 4 is 11.1 Å². The first-order chi connectivity index (χ1) is 7.79. The minimum atomic E-state index is 0.566. The van der Waals surface area contributed by atoms with Crippen LogP contribution in [0.15, 0.2) is 16.5 Å². The van der Waals surface area contributed by atoms with Crippen molar-refractivity contribution in [3.05, 3.63) is 29.2 Å². The van der Waals surface area contributed by atoms with Crippen LogP contribution >= 0.6 is 0 Å². The van der Waals surface area contributed by atoms with Gasteiger partial charge in [0.2, 0.25) is 0 Å². The van der Waals surface area contributed by atoms with Gasteiger partial charge in [0, 0.05) is 12.5 Å². The maximum Gasteiger partial charge on any atom is 0.192 e. The molecule has 1 aromatic carbocycles. The van der Waals surface area contributed by atoms with Crippen molar-refractivity contribution < 1.29 is 4.42 Å². The van der Waals surface area contributed by atoms with Crippen LogP contribution in [0.2, 0.25) is 0 Å². The van der Waals surface area contributed by atoms with Gasteiger partial charge in [0.25, 0.3) is 0 Å². The van der Waals surface area contributed by atoms with Gasteiger partial charge < -0.3 is 10.2 Å². The molecule has 0 radical (unpaired) electrons. The summed E-state index contributed by atoms with van der Waals surface area (Å²) in [7, 11) is 0. The first kappa shape index (κ1) is 9.85. The number of rotatable bonds is 2. The van der Waals surface area contributed by atoms with E-state index in [1.807, 2.05) is 6.92 Å². The second kappa shape index (κ2) is 3.59. The van der Waals surface area contributed by atoms with E-state index in [0.717, 1.165) is 36.4 Å². The Kier molecular flexibility index (Phi) is 2.21. The second-order valence-corrected chi connectivity index (χ2v) is 4.53. The smallest absolute Gasteiger partial charge is 0.192 e. The third-order valence-corrected chi connectivity index (χ3v) is 3.48. The maximum atomic E-state index is 5.74. The van der Waals surface area contributed by atoms with Crippen molar-refractivity contribution in [2.75, 3.05) is 6.54 Å². The Labute approximate surface area is 94.7 Å². The summed E-state index contributed by atoms with van der Waals surface area (Å²) in [6.45, 7) is 2.65. The van der Waals surface area contributed by atoms with E-state index in [0.29, 0.717) is 5.92 Å². The second-order valence-electron chi connectivity index (χ2n) is 4.53. The number of nitrogens with two attached hydrogens (primary N) is 1. The van der Waals surface area contributed by atoms with E-state index >= 15 is 0 Å². The highest BCUT2D eigenvalue weighted by Crippen LogP contribution is 2.40. The summed E-state index contributed by atoms with van der Waals surface area (Å²) in [5, 5.41) is 0. The fourth-order valence-corrected chi connectivity index (χ4v) is 2.79. The van der Waals surface area contributed by atoms with Gasteiger partial charge in [-0.1, -0.05) is 6.07 Å². The largest absolute Gasteiger partial charge is 0.441 e. The van der Waals surface area contributed by atoms with Gasteiger partial charge >= 0.3 is 0 Å². The highest BCUT2D eigenvalue weighted by atomic mass is 16.3. The molecule has 1 aliphatic carbocycles. The summed E-state index contributed by atoms with van der Waals surface area (Å²) in [4.78, 5) is 4.39. The predicted octanol–water partition coefficient (Wildman–Crippen LogP) is 2.51. The molecule has 0 saturated heterocycles. The van der Waals surface area contributed by atoms with E-state index in [9.17, 15) is 0 Å². The Hall–Kier alpha value is -1.35. The van der Waals surface area contributed by atoms with Crippen LogP contribution in [0.1, 0.15) is 35.8 Å². The Morgan fingerprint density at radius 1 is 1.50 bits per heavy atom. The van der Waals surface area contributed by atoms with Crippen LogP contribution in [0.3, 0.4) is 0 Å². The molecule has 84 valence electrons. The van der Waals surface area contributed by atoms with Gasteiger partial charge in [-0.25, -0.2) is 4.98 Å². The summed E-state index contributed by atoms with van der Waals surface area (Å²) >= 11 is 0. The SMILES string of the molecule is Cc1nc2ccc3c(c2o1)C(CCN)CC3. The van der Waals surface area contributed by atoms with Crippen molar-refractivity contribution in [2.45, 2.75) is 32.1 Å². The zero-order valence-corrected chi connectivity index (χ0v) is 9.49. The molecule has 1 atom stereocenters. The van der Waals surface area contributed by atoms with Crippen LogP contribution in [0.4, 0.5) is 0 Å². The summed E-state index contributed by atoms with van der Waals surface area (Å²) in [6.07, 6.45) is 3.40. The lowest BCUT2D eigenvalue weighted by molar-refractivity contribution is 0.549. The van der Waals surface area contributed by atoms with E-state index in [1.54, 1.807) is 0 Å². The molecule has 1 unspecified atom stereocenters. The minimum Gasteiger partial charge on any atom is -0.441 e. The quantitative estimate of drug-likeness (QED) is 0.839. The lowest BCUT2D eigenvalue weighted by atomic mass is 9.97. The number of nitrogens with zero attached hydrogens (tertiary/aromatic N) is 1. The molecule has 0 aliphatic heterocycles. The summed E-state index contributed by atoms with van der Waals surface area (Å²) in [5.41, 5.74) is 10.4. The number of hydrogen-bond donors (Lipinski definition) is 1. The van der Waals surface area contributed by atoms with E-state index in [-0.39, 0.29) is 0 Å². The lowest BCUT2D eigenvalue weighted by Gasteiger charge is -2.09. The number of benzene rings is 1. The molecule has 16 heavy (non-hydrogen) atoms. The van der Waals surface area contributed by atoms with E-state index < -0.39 is 0 Å². The number of aromatic nitrogens is 1. The molecule has 3 nitrogen and oxygen atoms in total.